The van der Waals surface area contributed by atoms with Gasteiger partial charge in [0.25, 0.3) is 0 Å². The fourth-order valence-electron chi connectivity index (χ4n) is 0.467. The van der Waals surface area contributed by atoms with Crippen molar-refractivity contribution in [2.75, 3.05) is 0 Å². The Kier molecular flexibility index (Phi) is 3.24. The van der Waals surface area contributed by atoms with Crippen LogP contribution in [0.3, 0.4) is 0 Å². The Labute approximate surface area is 54.3 Å². The van der Waals surface area contributed by atoms with E-state index in [0.29, 0.717) is 6.42 Å². The molecule has 0 aliphatic heterocycles. The molecule has 0 spiro atoms. The number of aliphatic hydroxyl groups excluding tert-OH is 1. The molecule has 0 aliphatic carbocycles. The zero-order chi connectivity index (χ0) is 7.44. The summed E-state index contributed by atoms with van der Waals surface area (Å²) in [5.41, 5.74) is 0. The topological polar surface area (TPSA) is 57.5 Å². The van der Waals surface area contributed by atoms with Gasteiger partial charge in [-0.1, -0.05) is 20.3 Å². The molecule has 3 nitrogen and oxygen atoms in total. The van der Waals surface area contributed by atoms with Crippen LogP contribution in [0.25, 0.3) is 0 Å². The Balaban J connectivity index is 3.72. The summed E-state index contributed by atoms with van der Waals surface area (Å²) in [7, 11) is 0. The maximum Gasteiger partial charge on any atom is 0.332 e. The number of carboxylic acid groups (broad SMARTS) is 1. The first-order valence-electron chi connectivity index (χ1n) is 3.00. The molecule has 0 aromatic carbocycles. The van der Waals surface area contributed by atoms with E-state index in [1.54, 1.807) is 6.92 Å². The molecule has 0 heterocycles. The second kappa shape index (κ2) is 3.45. The van der Waals surface area contributed by atoms with E-state index in [4.69, 9.17) is 10.2 Å². The number of carbonyl (C=O) groups is 1. The third-order valence-electron chi connectivity index (χ3n) is 1.44. The molecular weight excluding hydrogens is 120 g/mol. The summed E-state index contributed by atoms with van der Waals surface area (Å²) in [5.74, 6) is -1.29. The summed E-state index contributed by atoms with van der Waals surface area (Å²) >= 11 is 0. The van der Waals surface area contributed by atoms with Gasteiger partial charge in [0.2, 0.25) is 0 Å². The molecule has 0 aromatic heterocycles. The molecule has 0 rings (SSSR count). The van der Waals surface area contributed by atoms with Crippen molar-refractivity contribution in [2.45, 2.75) is 26.4 Å². The first-order chi connectivity index (χ1) is 4.09. The summed E-state index contributed by atoms with van der Waals surface area (Å²) in [5, 5.41) is 17.0. The standard InChI is InChI=1S/C6H12O3/c1-3-4(2)5(7)6(8)9/h4-5,7H,3H2,1-2H3,(H,8,9)/t4-,5-/m1/s1. The minimum Gasteiger partial charge on any atom is -0.479 e. The highest BCUT2D eigenvalue weighted by Gasteiger charge is 2.18. The van der Waals surface area contributed by atoms with Crippen molar-refractivity contribution in [3.05, 3.63) is 0 Å². The maximum atomic E-state index is 10.0. The number of aliphatic hydroxyl groups is 1. The lowest BCUT2D eigenvalue weighted by Crippen LogP contribution is -2.26. The van der Waals surface area contributed by atoms with E-state index in [2.05, 4.69) is 0 Å². The lowest BCUT2D eigenvalue weighted by molar-refractivity contribution is -0.149. The molecule has 2 atom stereocenters. The molecule has 0 fully saturated rings. The Morgan fingerprint density at radius 3 is 2.22 bits per heavy atom. The Morgan fingerprint density at radius 1 is 1.67 bits per heavy atom. The third-order valence-corrected chi connectivity index (χ3v) is 1.44. The molecular formula is C6H12O3. The molecule has 0 radical (unpaired) electrons. The molecule has 0 bridgehead atoms. The zero-order valence-electron chi connectivity index (χ0n) is 5.66. The molecule has 3 heteroatoms. The van der Waals surface area contributed by atoms with E-state index in [9.17, 15) is 4.79 Å². The van der Waals surface area contributed by atoms with E-state index in [1.807, 2.05) is 6.92 Å². The van der Waals surface area contributed by atoms with Crippen LogP contribution in [0.1, 0.15) is 20.3 Å². The van der Waals surface area contributed by atoms with Crippen molar-refractivity contribution in [3.8, 4) is 0 Å². The van der Waals surface area contributed by atoms with Gasteiger partial charge in [-0.3, -0.25) is 0 Å². The van der Waals surface area contributed by atoms with Crippen molar-refractivity contribution in [1.82, 2.24) is 0 Å². The van der Waals surface area contributed by atoms with Crippen LogP contribution in [-0.2, 0) is 4.79 Å². The van der Waals surface area contributed by atoms with Crippen LogP contribution in [0, 0.1) is 5.92 Å². The highest BCUT2D eigenvalue weighted by molar-refractivity contribution is 5.72. The van der Waals surface area contributed by atoms with E-state index < -0.39 is 12.1 Å². The molecule has 0 aliphatic rings. The molecule has 0 amide bonds. The van der Waals surface area contributed by atoms with Gasteiger partial charge in [-0.2, -0.15) is 0 Å². The van der Waals surface area contributed by atoms with Crippen molar-refractivity contribution in [3.63, 3.8) is 0 Å². The van der Waals surface area contributed by atoms with E-state index in [1.165, 1.54) is 0 Å². The largest absolute Gasteiger partial charge is 0.479 e. The van der Waals surface area contributed by atoms with Crippen LogP contribution in [0.4, 0.5) is 0 Å². The van der Waals surface area contributed by atoms with Gasteiger partial charge >= 0.3 is 5.97 Å². The average molecular weight is 132 g/mol. The van der Waals surface area contributed by atoms with Crippen LogP contribution >= 0.6 is 0 Å². The fourth-order valence-corrected chi connectivity index (χ4v) is 0.467. The molecule has 0 saturated heterocycles. The number of hydrogen-bond acceptors (Lipinski definition) is 2. The van der Waals surface area contributed by atoms with Gasteiger partial charge in [0.05, 0.1) is 0 Å². The van der Waals surface area contributed by atoms with Crippen molar-refractivity contribution in [1.29, 1.82) is 0 Å². The quantitative estimate of drug-likeness (QED) is 0.587. The molecule has 0 unspecified atom stereocenters. The number of carboxylic acids is 1. The second-order valence-electron chi connectivity index (χ2n) is 2.17. The Morgan fingerprint density at radius 2 is 2.11 bits per heavy atom. The van der Waals surface area contributed by atoms with Crippen molar-refractivity contribution in [2.24, 2.45) is 5.92 Å². The van der Waals surface area contributed by atoms with E-state index in [0.717, 1.165) is 0 Å². The van der Waals surface area contributed by atoms with Gasteiger partial charge in [-0.15, -0.1) is 0 Å². The monoisotopic (exact) mass is 132 g/mol. The number of rotatable bonds is 3. The smallest absolute Gasteiger partial charge is 0.332 e. The van der Waals surface area contributed by atoms with E-state index in [-0.39, 0.29) is 5.92 Å². The predicted molar refractivity (Wildman–Crippen MR) is 33.1 cm³/mol. The highest BCUT2D eigenvalue weighted by atomic mass is 16.4. The van der Waals surface area contributed by atoms with Gasteiger partial charge < -0.3 is 10.2 Å². The summed E-state index contributed by atoms with van der Waals surface area (Å²) in [6.07, 6.45) is -0.511. The van der Waals surface area contributed by atoms with Crippen LogP contribution < -0.4 is 0 Å². The predicted octanol–water partition coefficient (Wildman–Crippen LogP) is 0.478. The summed E-state index contributed by atoms with van der Waals surface area (Å²) in [4.78, 5) is 10.0. The van der Waals surface area contributed by atoms with Gasteiger partial charge in [0.1, 0.15) is 0 Å². The SMILES string of the molecule is CC[C@@H](C)[C@@H](O)C(=O)O. The zero-order valence-corrected chi connectivity index (χ0v) is 5.66. The molecule has 0 aromatic rings. The molecule has 0 saturated carbocycles. The van der Waals surface area contributed by atoms with E-state index >= 15 is 0 Å². The van der Waals surface area contributed by atoms with Crippen molar-refractivity contribution >= 4 is 5.97 Å². The lowest BCUT2D eigenvalue weighted by Gasteiger charge is -2.10. The first-order valence-corrected chi connectivity index (χ1v) is 3.00. The fraction of sp³-hybridized carbons (Fsp3) is 0.833. The van der Waals surface area contributed by atoms with Crippen LogP contribution in [0.15, 0.2) is 0 Å². The van der Waals surface area contributed by atoms with Gasteiger partial charge in [0, 0.05) is 0 Å². The molecule has 9 heavy (non-hydrogen) atoms. The number of hydrogen-bond donors (Lipinski definition) is 2. The third kappa shape index (κ3) is 2.46. The Bertz CT molecular complexity index is 100. The minimum atomic E-state index is -1.20. The Hall–Kier alpha value is -0.570. The molecule has 54 valence electrons. The molecule has 2 N–H and O–H groups in total. The van der Waals surface area contributed by atoms with Gasteiger partial charge in [-0.05, 0) is 5.92 Å². The van der Waals surface area contributed by atoms with Crippen LogP contribution in [0.5, 0.6) is 0 Å². The highest BCUT2D eigenvalue weighted by Crippen LogP contribution is 2.06. The van der Waals surface area contributed by atoms with Gasteiger partial charge in [0.15, 0.2) is 6.10 Å². The maximum absolute atomic E-state index is 10.0. The summed E-state index contributed by atoms with van der Waals surface area (Å²) < 4.78 is 0. The van der Waals surface area contributed by atoms with Crippen molar-refractivity contribution < 1.29 is 15.0 Å². The normalized spacial score (nSPS) is 16.8. The van der Waals surface area contributed by atoms with Crippen LogP contribution in [0.2, 0.25) is 0 Å². The minimum absolute atomic E-state index is 0.150. The first kappa shape index (κ1) is 8.43. The summed E-state index contributed by atoms with van der Waals surface area (Å²) in [6, 6.07) is 0. The number of aliphatic carboxylic acids is 1. The second-order valence-corrected chi connectivity index (χ2v) is 2.17. The average Bonchev–Trinajstić information content (AvgIpc) is 1.84. The summed E-state index contributed by atoms with van der Waals surface area (Å²) in [6.45, 7) is 3.55. The lowest BCUT2D eigenvalue weighted by atomic mass is 10.0. The van der Waals surface area contributed by atoms with Gasteiger partial charge in [-0.25, -0.2) is 4.79 Å². The van der Waals surface area contributed by atoms with Crippen LogP contribution in [-0.4, -0.2) is 22.3 Å².